The second kappa shape index (κ2) is 20.7. The summed E-state index contributed by atoms with van der Waals surface area (Å²) in [5.74, 6) is -0.688. The number of aldehydes is 1. The summed E-state index contributed by atoms with van der Waals surface area (Å²) in [6, 6.07) is 13.2. The van der Waals surface area contributed by atoms with E-state index in [1.54, 1.807) is 0 Å². The molecule has 0 radical (unpaired) electrons. The molecule has 0 aromatic heterocycles. The summed E-state index contributed by atoms with van der Waals surface area (Å²) in [6.07, 6.45) is -0.0873. The van der Waals surface area contributed by atoms with Crippen LogP contribution in [0.25, 0.3) is 0 Å². The Morgan fingerprint density at radius 3 is 2.05 bits per heavy atom. The maximum Gasteiger partial charge on any atom is 0.416 e. The molecular weight excluding hydrogens is 511 g/mol. The van der Waals surface area contributed by atoms with Gasteiger partial charge in [-0.2, -0.15) is 13.2 Å². The molecule has 1 amide bonds. The van der Waals surface area contributed by atoms with Crippen molar-refractivity contribution in [3.8, 4) is 0 Å². The third-order valence-corrected chi connectivity index (χ3v) is 5.18. The van der Waals surface area contributed by atoms with Gasteiger partial charge in [0.15, 0.2) is 0 Å². The van der Waals surface area contributed by atoms with Crippen molar-refractivity contribution in [3.05, 3.63) is 71.3 Å². The molecule has 2 aromatic rings. The van der Waals surface area contributed by atoms with E-state index in [4.69, 9.17) is 10.5 Å². The number of amides is 1. The molecule has 2 rings (SSSR count). The Labute approximate surface area is 229 Å². The Morgan fingerprint density at radius 1 is 0.974 bits per heavy atom. The molecule has 0 spiro atoms. The highest BCUT2D eigenvalue weighted by Gasteiger charge is 2.30. The van der Waals surface area contributed by atoms with Crippen LogP contribution in [0.15, 0.2) is 54.6 Å². The first-order valence-electron chi connectivity index (χ1n) is 13.0. The smallest absolute Gasteiger partial charge is 0.416 e. The van der Waals surface area contributed by atoms with Gasteiger partial charge in [0.2, 0.25) is 5.91 Å². The van der Waals surface area contributed by atoms with Crippen LogP contribution < -0.4 is 11.1 Å². The fourth-order valence-electron chi connectivity index (χ4n) is 2.91. The molecule has 0 bridgehead atoms. The Bertz CT molecular complexity index is 937. The molecule has 1 atom stereocenters. The number of likely N-dealkylation sites (N-methyl/N-ethyl adjacent to an activating group) is 1. The van der Waals surface area contributed by atoms with Crippen LogP contribution in [0, 0.1) is 0 Å². The number of nitrogens with one attached hydrogen (secondary N) is 1. The van der Waals surface area contributed by atoms with Crippen molar-refractivity contribution in [3.63, 3.8) is 0 Å². The van der Waals surface area contributed by atoms with E-state index in [-0.39, 0.29) is 18.9 Å². The first-order valence-corrected chi connectivity index (χ1v) is 13.0. The van der Waals surface area contributed by atoms with Crippen LogP contribution in [-0.2, 0) is 38.3 Å². The maximum absolute atomic E-state index is 12.3. The van der Waals surface area contributed by atoms with Gasteiger partial charge in [0.05, 0.1) is 24.7 Å². The van der Waals surface area contributed by atoms with E-state index in [0.29, 0.717) is 25.0 Å². The number of unbranched alkanes of at least 4 members (excludes halogenated alkanes) is 1. The lowest BCUT2D eigenvalue weighted by Crippen LogP contribution is -2.42. The zero-order valence-electron chi connectivity index (χ0n) is 23.3. The van der Waals surface area contributed by atoms with E-state index in [1.165, 1.54) is 25.0 Å². The van der Waals surface area contributed by atoms with Crippen LogP contribution in [-0.4, -0.2) is 55.8 Å². The summed E-state index contributed by atoms with van der Waals surface area (Å²) in [6.45, 7) is 7.95. The average Bonchev–Trinajstić information content (AvgIpc) is 2.91. The largest absolute Gasteiger partial charge is 0.460 e. The molecule has 0 saturated heterocycles. The third-order valence-electron chi connectivity index (χ3n) is 5.18. The first-order chi connectivity index (χ1) is 18.5. The molecule has 0 fully saturated rings. The SMILES string of the molecule is CCCC.CCCN(C)CC(=O)OCc1ccccc1.N[C@H](Cc1ccc(C(F)(F)F)cc1)C(=O)NCC=O. The normalized spacial score (nSPS) is 11.3. The van der Waals surface area contributed by atoms with Crippen LogP contribution >= 0.6 is 0 Å². The van der Waals surface area contributed by atoms with E-state index in [0.717, 1.165) is 30.7 Å². The minimum Gasteiger partial charge on any atom is -0.460 e. The molecule has 0 unspecified atom stereocenters. The predicted octanol–water partition coefficient (Wildman–Crippen LogP) is 4.77. The van der Waals surface area contributed by atoms with Crippen LogP contribution in [0.3, 0.4) is 0 Å². The molecule has 7 nitrogen and oxygen atoms in total. The van der Waals surface area contributed by atoms with Gasteiger partial charge >= 0.3 is 12.1 Å². The average molecular weight is 554 g/mol. The van der Waals surface area contributed by atoms with Crippen molar-refractivity contribution < 1.29 is 32.3 Å². The van der Waals surface area contributed by atoms with Crippen LogP contribution in [0.2, 0.25) is 0 Å². The van der Waals surface area contributed by atoms with Crippen molar-refractivity contribution in [2.24, 2.45) is 5.73 Å². The van der Waals surface area contributed by atoms with Gasteiger partial charge in [0.25, 0.3) is 0 Å². The number of ether oxygens (including phenoxy) is 1. The van der Waals surface area contributed by atoms with E-state index >= 15 is 0 Å². The number of halogens is 3. The summed E-state index contributed by atoms with van der Waals surface area (Å²) in [5.41, 5.74) is 6.35. The summed E-state index contributed by atoms with van der Waals surface area (Å²) in [5, 5.41) is 2.28. The molecule has 39 heavy (non-hydrogen) atoms. The van der Waals surface area contributed by atoms with E-state index in [2.05, 4.69) is 26.1 Å². The minimum absolute atomic E-state index is 0.100. The van der Waals surface area contributed by atoms with E-state index in [9.17, 15) is 27.6 Å². The molecule has 3 N–H and O–H groups in total. The van der Waals surface area contributed by atoms with Crippen LogP contribution in [0.1, 0.15) is 56.7 Å². The minimum atomic E-state index is -4.39. The molecule has 0 aliphatic heterocycles. The second-order valence-electron chi connectivity index (χ2n) is 8.80. The summed E-state index contributed by atoms with van der Waals surface area (Å²) < 4.78 is 42.1. The lowest BCUT2D eigenvalue weighted by atomic mass is 10.0. The lowest BCUT2D eigenvalue weighted by molar-refractivity contribution is -0.146. The number of esters is 1. The summed E-state index contributed by atoms with van der Waals surface area (Å²) in [4.78, 5) is 34.8. The molecule has 218 valence electrons. The molecule has 10 heteroatoms. The van der Waals surface area contributed by atoms with Crippen molar-refractivity contribution in [2.75, 3.05) is 26.7 Å². The van der Waals surface area contributed by atoms with Crippen molar-refractivity contribution in [1.82, 2.24) is 10.2 Å². The highest BCUT2D eigenvalue weighted by molar-refractivity contribution is 5.83. The quantitative estimate of drug-likeness (QED) is 0.290. The van der Waals surface area contributed by atoms with Gasteiger partial charge in [0.1, 0.15) is 12.9 Å². The van der Waals surface area contributed by atoms with Gasteiger partial charge in [-0.15, -0.1) is 0 Å². The Hall–Kier alpha value is -3.24. The summed E-state index contributed by atoms with van der Waals surface area (Å²) in [7, 11) is 1.92. The molecule has 2 aromatic carbocycles. The van der Waals surface area contributed by atoms with Crippen molar-refractivity contribution in [2.45, 2.75) is 65.3 Å². The molecular formula is C29H42F3N3O4. The Morgan fingerprint density at radius 2 is 1.56 bits per heavy atom. The monoisotopic (exact) mass is 553 g/mol. The number of hydrogen-bond acceptors (Lipinski definition) is 6. The number of carbonyl (C=O) groups is 3. The number of benzene rings is 2. The molecule has 0 saturated carbocycles. The molecule has 0 aliphatic carbocycles. The van der Waals surface area contributed by atoms with Crippen molar-refractivity contribution >= 4 is 18.2 Å². The highest BCUT2D eigenvalue weighted by atomic mass is 19.4. The Balaban J connectivity index is 0.000000658. The number of nitrogens with two attached hydrogens (primary N) is 1. The van der Waals surface area contributed by atoms with Gasteiger partial charge in [-0.05, 0) is 49.7 Å². The van der Waals surface area contributed by atoms with Crippen LogP contribution in [0.4, 0.5) is 13.2 Å². The molecule has 0 heterocycles. The Kier molecular flexibility index (Phi) is 19.0. The fraction of sp³-hybridized carbons (Fsp3) is 0.483. The van der Waals surface area contributed by atoms with Gasteiger partial charge in [-0.1, -0.05) is 76.1 Å². The van der Waals surface area contributed by atoms with Crippen molar-refractivity contribution in [1.29, 1.82) is 0 Å². The standard InChI is InChI=1S/C13H19NO2.C12H13F3N2O2.C4H10/c1-3-9-14(2)10-13(15)16-11-12-7-5-4-6-8-12;13-12(14,15)9-3-1-8(2-4-9)7-10(16)11(19)17-5-6-18;1-3-4-2/h4-8H,3,9-11H2,1-2H3;1-4,6,10H,5,7,16H2,(H,17,19);3-4H2,1-2H3/t;10-;/m.1./s1. The van der Waals surface area contributed by atoms with Gasteiger partial charge in [-0.3, -0.25) is 14.5 Å². The topological polar surface area (TPSA) is 102 Å². The fourth-order valence-corrected chi connectivity index (χ4v) is 2.91. The highest BCUT2D eigenvalue weighted by Crippen LogP contribution is 2.29. The zero-order valence-corrected chi connectivity index (χ0v) is 23.3. The number of nitrogens with zero attached hydrogens (tertiary/aromatic N) is 1. The lowest BCUT2D eigenvalue weighted by Gasteiger charge is -2.14. The number of carbonyl (C=O) groups excluding carboxylic acids is 3. The maximum atomic E-state index is 12.3. The zero-order chi connectivity index (χ0) is 29.7. The molecule has 0 aliphatic rings. The third kappa shape index (κ3) is 17.8. The first kappa shape index (κ1) is 35.8. The number of alkyl halides is 3. The summed E-state index contributed by atoms with van der Waals surface area (Å²) >= 11 is 0. The van der Waals surface area contributed by atoms with Gasteiger partial charge in [-0.25, -0.2) is 0 Å². The van der Waals surface area contributed by atoms with Gasteiger partial charge in [0, 0.05) is 0 Å². The second-order valence-corrected chi connectivity index (χ2v) is 8.80. The number of hydrogen-bond donors (Lipinski definition) is 2. The van der Waals surface area contributed by atoms with E-state index in [1.807, 2.05) is 42.3 Å². The van der Waals surface area contributed by atoms with Crippen LogP contribution in [0.5, 0.6) is 0 Å². The predicted molar refractivity (Wildman–Crippen MR) is 147 cm³/mol. The number of rotatable bonds is 12. The van der Waals surface area contributed by atoms with Gasteiger partial charge < -0.3 is 20.6 Å². The van der Waals surface area contributed by atoms with E-state index < -0.39 is 23.7 Å².